The van der Waals surface area contributed by atoms with Crippen LogP contribution in [-0.2, 0) is 11.2 Å². The summed E-state index contributed by atoms with van der Waals surface area (Å²) in [6, 6.07) is 0.583. The highest BCUT2D eigenvalue weighted by atomic mass is 16.2. The van der Waals surface area contributed by atoms with E-state index in [0.717, 1.165) is 50.3 Å². The van der Waals surface area contributed by atoms with Crippen molar-refractivity contribution >= 4 is 5.91 Å². The molecular formula is C16H29N5O. The highest BCUT2D eigenvalue weighted by molar-refractivity contribution is 5.78. The Kier molecular flexibility index (Phi) is 5.97. The Bertz CT molecular complexity index is 477. The number of carbonyl (C=O) groups is 1. The number of likely N-dealkylation sites (tertiary alicyclic amines) is 1. The van der Waals surface area contributed by atoms with Gasteiger partial charge in [-0.25, -0.2) is 0 Å². The summed E-state index contributed by atoms with van der Waals surface area (Å²) in [5.74, 6) is 0.139. The van der Waals surface area contributed by atoms with Crippen LogP contribution in [0.15, 0.2) is 0 Å². The van der Waals surface area contributed by atoms with Gasteiger partial charge in [-0.3, -0.25) is 14.8 Å². The summed E-state index contributed by atoms with van der Waals surface area (Å²) in [5, 5.41) is 10.2. The largest absolute Gasteiger partial charge is 0.355 e. The van der Waals surface area contributed by atoms with Crippen molar-refractivity contribution < 1.29 is 4.79 Å². The molecule has 0 aromatic carbocycles. The first kappa shape index (κ1) is 17.0. The zero-order valence-electron chi connectivity index (χ0n) is 14.3. The minimum Gasteiger partial charge on any atom is -0.355 e. The number of hydrogen-bond donors (Lipinski definition) is 2. The van der Waals surface area contributed by atoms with Crippen LogP contribution in [0, 0.1) is 13.8 Å². The number of nitrogens with one attached hydrogen (secondary N) is 2. The van der Waals surface area contributed by atoms with E-state index in [9.17, 15) is 4.79 Å². The molecule has 6 heteroatoms. The third-order valence-electron chi connectivity index (χ3n) is 4.55. The van der Waals surface area contributed by atoms with Crippen LogP contribution in [0.3, 0.4) is 0 Å². The van der Waals surface area contributed by atoms with Crippen LogP contribution in [0.25, 0.3) is 0 Å². The maximum Gasteiger partial charge on any atom is 0.234 e. The SMILES string of the molecule is Cc1n[nH]c(C)c1CCCNC(=O)CN1CC[C@@H](N(C)C)C1. The predicted octanol–water partition coefficient (Wildman–Crippen LogP) is 0.711. The van der Waals surface area contributed by atoms with Gasteiger partial charge >= 0.3 is 0 Å². The highest BCUT2D eigenvalue weighted by Crippen LogP contribution is 2.13. The van der Waals surface area contributed by atoms with Crippen molar-refractivity contribution in [3.05, 3.63) is 17.0 Å². The van der Waals surface area contributed by atoms with Crippen LogP contribution < -0.4 is 5.32 Å². The fraction of sp³-hybridized carbons (Fsp3) is 0.750. The molecule has 1 aromatic heterocycles. The summed E-state index contributed by atoms with van der Waals surface area (Å²) >= 11 is 0. The predicted molar refractivity (Wildman–Crippen MR) is 87.9 cm³/mol. The summed E-state index contributed by atoms with van der Waals surface area (Å²) in [6.45, 7) is 7.33. The molecule has 124 valence electrons. The molecule has 0 unspecified atom stereocenters. The number of H-pyrrole nitrogens is 1. The van der Waals surface area contributed by atoms with Crippen LogP contribution in [0.5, 0.6) is 0 Å². The average Bonchev–Trinajstić information content (AvgIpc) is 3.04. The number of carbonyl (C=O) groups excluding carboxylic acids is 1. The molecule has 1 amide bonds. The lowest BCUT2D eigenvalue weighted by atomic mass is 10.1. The molecule has 2 heterocycles. The average molecular weight is 307 g/mol. The van der Waals surface area contributed by atoms with Gasteiger partial charge in [0.05, 0.1) is 12.2 Å². The van der Waals surface area contributed by atoms with Gasteiger partial charge in [0.15, 0.2) is 0 Å². The summed E-state index contributed by atoms with van der Waals surface area (Å²) in [7, 11) is 4.21. The van der Waals surface area contributed by atoms with Crippen molar-refractivity contribution in [2.75, 3.05) is 40.3 Å². The van der Waals surface area contributed by atoms with Gasteiger partial charge in [-0.15, -0.1) is 0 Å². The smallest absolute Gasteiger partial charge is 0.234 e. The van der Waals surface area contributed by atoms with E-state index in [1.165, 1.54) is 5.56 Å². The molecule has 1 fully saturated rings. The topological polar surface area (TPSA) is 64.3 Å². The summed E-state index contributed by atoms with van der Waals surface area (Å²) in [6.07, 6.45) is 3.06. The first-order valence-electron chi connectivity index (χ1n) is 8.13. The number of amides is 1. The van der Waals surface area contributed by atoms with Gasteiger partial charge in [0.2, 0.25) is 5.91 Å². The number of aromatic nitrogens is 2. The maximum atomic E-state index is 12.0. The van der Waals surface area contributed by atoms with E-state index >= 15 is 0 Å². The second-order valence-corrected chi connectivity index (χ2v) is 6.51. The van der Waals surface area contributed by atoms with E-state index in [1.54, 1.807) is 0 Å². The van der Waals surface area contributed by atoms with Gasteiger partial charge in [-0.2, -0.15) is 5.10 Å². The van der Waals surface area contributed by atoms with Crippen LogP contribution in [0.1, 0.15) is 29.8 Å². The van der Waals surface area contributed by atoms with Gasteiger partial charge in [0.1, 0.15) is 0 Å². The minimum absolute atomic E-state index is 0.139. The fourth-order valence-corrected chi connectivity index (χ4v) is 3.07. The van der Waals surface area contributed by atoms with Crippen LogP contribution >= 0.6 is 0 Å². The van der Waals surface area contributed by atoms with Crippen molar-refractivity contribution in [3.63, 3.8) is 0 Å². The lowest BCUT2D eigenvalue weighted by Gasteiger charge is -2.20. The second-order valence-electron chi connectivity index (χ2n) is 6.51. The highest BCUT2D eigenvalue weighted by Gasteiger charge is 2.24. The minimum atomic E-state index is 0.139. The normalized spacial score (nSPS) is 19.0. The van der Waals surface area contributed by atoms with Gasteiger partial charge in [0, 0.05) is 31.4 Å². The van der Waals surface area contributed by atoms with Crippen molar-refractivity contribution in [2.24, 2.45) is 0 Å². The molecule has 1 saturated heterocycles. The lowest BCUT2D eigenvalue weighted by molar-refractivity contribution is -0.122. The van der Waals surface area contributed by atoms with Crippen LogP contribution in [0.2, 0.25) is 0 Å². The monoisotopic (exact) mass is 307 g/mol. The summed E-state index contributed by atoms with van der Waals surface area (Å²) < 4.78 is 0. The Morgan fingerprint density at radius 3 is 2.82 bits per heavy atom. The molecule has 0 aliphatic carbocycles. The summed E-state index contributed by atoms with van der Waals surface area (Å²) in [4.78, 5) is 16.5. The molecule has 0 radical (unpaired) electrons. The Balaban J connectivity index is 1.62. The Morgan fingerprint density at radius 1 is 1.45 bits per heavy atom. The van der Waals surface area contributed by atoms with Crippen LogP contribution in [0.4, 0.5) is 0 Å². The first-order chi connectivity index (χ1) is 10.5. The van der Waals surface area contributed by atoms with E-state index in [4.69, 9.17) is 0 Å². The van der Waals surface area contributed by atoms with E-state index in [0.29, 0.717) is 12.6 Å². The number of nitrogens with zero attached hydrogens (tertiary/aromatic N) is 3. The van der Waals surface area contributed by atoms with Crippen LogP contribution in [-0.4, -0.2) is 72.2 Å². The first-order valence-corrected chi connectivity index (χ1v) is 8.13. The van der Waals surface area contributed by atoms with E-state index < -0.39 is 0 Å². The van der Waals surface area contributed by atoms with Gasteiger partial charge < -0.3 is 10.2 Å². The molecule has 6 nitrogen and oxygen atoms in total. The third-order valence-corrected chi connectivity index (χ3v) is 4.55. The van der Waals surface area contributed by atoms with Crippen molar-refractivity contribution in [3.8, 4) is 0 Å². The van der Waals surface area contributed by atoms with Crippen molar-refractivity contribution in [1.29, 1.82) is 0 Å². The Hall–Kier alpha value is -1.40. The zero-order valence-corrected chi connectivity index (χ0v) is 14.3. The molecule has 1 aromatic rings. The van der Waals surface area contributed by atoms with Gasteiger partial charge in [-0.05, 0) is 52.8 Å². The molecule has 2 rings (SSSR count). The number of rotatable bonds is 7. The lowest BCUT2D eigenvalue weighted by Crippen LogP contribution is -2.38. The molecule has 0 saturated carbocycles. The van der Waals surface area contributed by atoms with Crippen molar-refractivity contribution in [1.82, 2.24) is 25.3 Å². The quantitative estimate of drug-likeness (QED) is 0.728. The number of aryl methyl sites for hydroxylation is 2. The molecule has 22 heavy (non-hydrogen) atoms. The zero-order chi connectivity index (χ0) is 16.1. The molecule has 0 bridgehead atoms. The van der Waals surface area contributed by atoms with E-state index in [-0.39, 0.29) is 5.91 Å². The third kappa shape index (κ3) is 4.55. The Labute approximate surface area is 133 Å². The molecule has 0 spiro atoms. The van der Waals surface area contributed by atoms with Gasteiger partial charge in [0.25, 0.3) is 0 Å². The van der Waals surface area contributed by atoms with E-state index in [2.05, 4.69) is 39.4 Å². The number of likely N-dealkylation sites (N-methyl/N-ethyl adjacent to an activating group) is 1. The van der Waals surface area contributed by atoms with Crippen molar-refractivity contribution in [2.45, 2.75) is 39.2 Å². The summed E-state index contributed by atoms with van der Waals surface area (Å²) in [5.41, 5.74) is 3.48. The maximum absolute atomic E-state index is 12.0. The molecule has 1 aliphatic rings. The standard InChI is InChI=1S/C16H29N5O/c1-12-15(13(2)19-18-12)6-5-8-17-16(22)11-21-9-7-14(10-21)20(3)4/h14H,5-11H2,1-4H3,(H,17,22)(H,18,19)/t14-/m1/s1. The molecule has 2 N–H and O–H groups in total. The number of aromatic amines is 1. The second kappa shape index (κ2) is 7.74. The molecular weight excluding hydrogens is 278 g/mol. The fourth-order valence-electron chi connectivity index (χ4n) is 3.07. The molecule has 1 atom stereocenters. The Morgan fingerprint density at radius 2 is 2.23 bits per heavy atom. The number of hydrogen-bond acceptors (Lipinski definition) is 4. The van der Waals surface area contributed by atoms with Gasteiger partial charge in [-0.1, -0.05) is 0 Å². The van der Waals surface area contributed by atoms with E-state index in [1.807, 2.05) is 13.8 Å². The molecule has 1 aliphatic heterocycles.